The maximum atomic E-state index is 14.4. The maximum absolute atomic E-state index is 14.4. The lowest BCUT2D eigenvalue weighted by atomic mass is 9.62. The first-order valence-corrected chi connectivity index (χ1v) is 12.2. The zero-order chi connectivity index (χ0) is 25.9. The summed E-state index contributed by atoms with van der Waals surface area (Å²) in [5.41, 5.74) is 2.29. The topological polar surface area (TPSA) is 49.4 Å². The van der Waals surface area contributed by atoms with Crippen molar-refractivity contribution < 1.29 is 22.8 Å². The Bertz CT molecular complexity index is 1260. The average molecular weight is 503 g/mol. The third-order valence-corrected chi connectivity index (χ3v) is 7.84. The quantitative estimate of drug-likeness (QED) is 0.455. The van der Waals surface area contributed by atoms with Gasteiger partial charge in [-0.2, -0.15) is 13.2 Å². The first-order valence-electron chi connectivity index (χ1n) is 11.4. The molecule has 4 nitrogen and oxygen atoms in total. The van der Waals surface area contributed by atoms with Gasteiger partial charge in [-0.25, -0.2) is 0 Å². The highest BCUT2D eigenvalue weighted by atomic mass is 32.2. The fourth-order valence-corrected chi connectivity index (χ4v) is 5.56. The molecule has 8 heteroatoms. The number of nitrogens with one attached hydrogen (secondary N) is 1. The summed E-state index contributed by atoms with van der Waals surface area (Å²) in [4.78, 5) is 25.4. The first kappa shape index (κ1) is 25.4. The van der Waals surface area contributed by atoms with Crippen molar-refractivity contribution in [2.24, 2.45) is 0 Å². The molecule has 1 fully saturated rings. The fourth-order valence-electron chi connectivity index (χ4n) is 4.88. The minimum absolute atomic E-state index is 0.146. The predicted octanol–water partition coefficient (Wildman–Crippen LogP) is 7.11. The second kappa shape index (κ2) is 8.43. The van der Waals surface area contributed by atoms with E-state index in [1.54, 1.807) is 49.3 Å². The number of thioether (sulfide) groups is 1. The number of rotatable bonds is 3. The normalized spacial score (nSPS) is 20.1. The van der Waals surface area contributed by atoms with Crippen LogP contribution in [-0.2, 0) is 21.8 Å². The predicted molar refractivity (Wildman–Crippen MR) is 136 cm³/mol. The smallest absolute Gasteiger partial charge is 0.377 e. The molecule has 2 aromatic rings. The number of benzene rings is 2. The summed E-state index contributed by atoms with van der Waals surface area (Å²) in [6.07, 6.45) is -1.23. The standard InChI is InChI=1S/C27H29F3N2O2S/c1-25(2)9-10-26(3,4)20-14-18(27(28,29)30)17(13-19(20)25)16-8-7-15(11-21(16)32(5)6)12-22-23(33)31-24(34)35-22/h7-8,11-14H,9-10H2,1-6H3,(H,31,33,34)/b22-12-. The van der Waals surface area contributed by atoms with Crippen LogP contribution in [0.3, 0.4) is 0 Å². The van der Waals surface area contributed by atoms with Crippen molar-refractivity contribution in [2.45, 2.75) is 57.5 Å². The second-order valence-corrected chi connectivity index (χ2v) is 11.7. The summed E-state index contributed by atoms with van der Waals surface area (Å²) < 4.78 is 43.2. The molecule has 2 aliphatic rings. The van der Waals surface area contributed by atoms with Crippen molar-refractivity contribution >= 4 is 34.7 Å². The Labute approximate surface area is 208 Å². The van der Waals surface area contributed by atoms with E-state index in [-0.39, 0.29) is 21.3 Å². The van der Waals surface area contributed by atoms with Crippen LogP contribution in [0.1, 0.15) is 62.8 Å². The van der Waals surface area contributed by atoms with Gasteiger partial charge in [-0.05, 0) is 82.0 Å². The molecule has 1 saturated heterocycles. The van der Waals surface area contributed by atoms with Crippen LogP contribution in [0.15, 0.2) is 35.2 Å². The van der Waals surface area contributed by atoms with E-state index in [2.05, 4.69) is 19.2 Å². The summed E-state index contributed by atoms with van der Waals surface area (Å²) in [5, 5.41) is 1.77. The number of halogens is 3. The summed E-state index contributed by atoms with van der Waals surface area (Å²) in [6, 6.07) is 8.18. The number of alkyl halides is 3. The molecule has 1 N–H and O–H groups in total. The molecule has 1 aliphatic heterocycles. The van der Waals surface area contributed by atoms with Gasteiger partial charge in [0.2, 0.25) is 0 Å². The van der Waals surface area contributed by atoms with E-state index in [1.165, 1.54) is 6.07 Å². The molecule has 2 aromatic carbocycles. The van der Waals surface area contributed by atoms with Crippen LogP contribution in [0.4, 0.5) is 23.7 Å². The van der Waals surface area contributed by atoms with E-state index in [4.69, 9.17) is 0 Å². The average Bonchev–Trinajstić information content (AvgIpc) is 3.06. The van der Waals surface area contributed by atoms with Gasteiger partial charge < -0.3 is 4.90 Å². The Hall–Kier alpha value is -2.74. The molecule has 0 spiro atoms. The number of hydrogen-bond donors (Lipinski definition) is 1. The zero-order valence-corrected chi connectivity index (χ0v) is 21.5. The molecule has 35 heavy (non-hydrogen) atoms. The molecular formula is C27H29F3N2O2S. The van der Waals surface area contributed by atoms with Crippen LogP contribution >= 0.6 is 11.8 Å². The van der Waals surface area contributed by atoms with Crippen molar-refractivity contribution in [1.29, 1.82) is 0 Å². The van der Waals surface area contributed by atoms with Gasteiger partial charge in [0.1, 0.15) is 0 Å². The third kappa shape index (κ3) is 4.73. The minimum Gasteiger partial charge on any atom is -0.377 e. The summed E-state index contributed by atoms with van der Waals surface area (Å²) in [7, 11) is 3.55. The van der Waals surface area contributed by atoms with Gasteiger partial charge in [0, 0.05) is 25.3 Å². The molecule has 0 unspecified atom stereocenters. The van der Waals surface area contributed by atoms with E-state index >= 15 is 0 Å². The van der Waals surface area contributed by atoms with Crippen LogP contribution < -0.4 is 10.2 Å². The van der Waals surface area contributed by atoms with Gasteiger partial charge in [0.25, 0.3) is 11.1 Å². The van der Waals surface area contributed by atoms with Crippen molar-refractivity contribution in [1.82, 2.24) is 5.32 Å². The number of imide groups is 1. The lowest BCUT2D eigenvalue weighted by molar-refractivity contribution is -0.137. The van der Waals surface area contributed by atoms with Crippen LogP contribution in [0, 0.1) is 0 Å². The van der Waals surface area contributed by atoms with E-state index in [1.807, 2.05) is 13.8 Å². The Morgan fingerprint density at radius 2 is 1.54 bits per heavy atom. The molecular weight excluding hydrogens is 473 g/mol. The first-order chi connectivity index (χ1) is 16.1. The van der Waals surface area contributed by atoms with E-state index < -0.39 is 22.9 Å². The largest absolute Gasteiger partial charge is 0.417 e. The number of hydrogen-bond acceptors (Lipinski definition) is 4. The Morgan fingerprint density at radius 3 is 2.06 bits per heavy atom. The summed E-state index contributed by atoms with van der Waals surface area (Å²) in [5.74, 6) is -0.477. The summed E-state index contributed by atoms with van der Waals surface area (Å²) >= 11 is 0.803. The van der Waals surface area contributed by atoms with Crippen LogP contribution in [0.5, 0.6) is 0 Å². The highest BCUT2D eigenvalue weighted by Crippen LogP contribution is 2.51. The third-order valence-electron chi connectivity index (χ3n) is 7.03. The number of carbonyl (C=O) groups is 2. The number of anilines is 1. The number of nitrogens with zero attached hydrogens (tertiary/aromatic N) is 1. The molecule has 0 bridgehead atoms. The van der Waals surface area contributed by atoms with E-state index in [9.17, 15) is 22.8 Å². The van der Waals surface area contributed by atoms with E-state index in [0.717, 1.165) is 35.7 Å². The number of fused-ring (bicyclic) bond motifs is 1. The highest BCUT2D eigenvalue weighted by Gasteiger charge is 2.42. The van der Waals surface area contributed by atoms with Crippen LogP contribution in [-0.4, -0.2) is 25.2 Å². The zero-order valence-electron chi connectivity index (χ0n) is 20.7. The van der Waals surface area contributed by atoms with Gasteiger partial charge in [0.05, 0.1) is 10.5 Å². The van der Waals surface area contributed by atoms with Crippen molar-refractivity contribution in [3.8, 4) is 11.1 Å². The SMILES string of the molecule is CN(C)c1cc(/C=C2\SC(=O)NC2=O)ccc1-c1cc2c(cc1C(F)(F)F)C(C)(C)CCC2(C)C. The fraction of sp³-hybridized carbons (Fsp3) is 0.407. The van der Waals surface area contributed by atoms with Crippen molar-refractivity contribution in [2.75, 3.05) is 19.0 Å². The molecule has 1 aliphatic carbocycles. The van der Waals surface area contributed by atoms with Crippen LogP contribution in [0.25, 0.3) is 17.2 Å². The Morgan fingerprint density at radius 1 is 0.943 bits per heavy atom. The van der Waals surface area contributed by atoms with Gasteiger partial charge in [-0.1, -0.05) is 39.8 Å². The second-order valence-electron chi connectivity index (χ2n) is 10.7. The molecule has 0 atom stereocenters. The molecule has 0 radical (unpaired) electrons. The lowest BCUT2D eigenvalue weighted by Crippen LogP contribution is -2.34. The van der Waals surface area contributed by atoms with Crippen LogP contribution in [0.2, 0.25) is 0 Å². The molecule has 4 rings (SSSR count). The molecule has 1 heterocycles. The number of carbonyl (C=O) groups excluding carboxylic acids is 2. The summed E-state index contributed by atoms with van der Waals surface area (Å²) in [6.45, 7) is 8.20. The van der Waals surface area contributed by atoms with Gasteiger partial charge in [0.15, 0.2) is 0 Å². The molecule has 0 saturated carbocycles. The Balaban J connectivity index is 1.95. The number of amides is 2. The monoisotopic (exact) mass is 502 g/mol. The molecule has 186 valence electrons. The van der Waals surface area contributed by atoms with Gasteiger partial charge in [-0.15, -0.1) is 0 Å². The van der Waals surface area contributed by atoms with Gasteiger partial charge >= 0.3 is 6.18 Å². The lowest BCUT2D eigenvalue weighted by Gasteiger charge is -2.42. The molecule has 0 aromatic heterocycles. The van der Waals surface area contributed by atoms with Crippen molar-refractivity contribution in [3.05, 3.63) is 57.5 Å². The maximum Gasteiger partial charge on any atom is 0.417 e. The highest BCUT2D eigenvalue weighted by molar-refractivity contribution is 8.18. The molecule has 2 amide bonds. The van der Waals surface area contributed by atoms with E-state index in [0.29, 0.717) is 16.8 Å². The Kier molecular flexibility index (Phi) is 6.11. The van der Waals surface area contributed by atoms with Crippen molar-refractivity contribution in [3.63, 3.8) is 0 Å². The minimum atomic E-state index is -4.52. The van der Waals surface area contributed by atoms with Gasteiger partial charge in [-0.3, -0.25) is 14.9 Å².